The average Bonchev–Trinajstić information content (AvgIpc) is 2.90. The summed E-state index contributed by atoms with van der Waals surface area (Å²) >= 11 is 0. The summed E-state index contributed by atoms with van der Waals surface area (Å²) in [7, 11) is 0. The number of allylic oxidation sites excluding steroid dienone is 1. The molecule has 0 bridgehead atoms. The van der Waals surface area contributed by atoms with E-state index in [9.17, 15) is 18.0 Å². The highest BCUT2D eigenvalue weighted by molar-refractivity contribution is 6.07. The third-order valence-corrected chi connectivity index (χ3v) is 5.32. The van der Waals surface area contributed by atoms with E-state index >= 15 is 0 Å². The maximum Gasteiger partial charge on any atom is 0.264 e. The molecule has 38 heavy (non-hydrogen) atoms. The van der Waals surface area contributed by atoms with E-state index in [0.717, 1.165) is 0 Å². The Morgan fingerprint density at radius 3 is 2.37 bits per heavy atom. The van der Waals surface area contributed by atoms with E-state index in [-0.39, 0.29) is 22.9 Å². The zero-order valence-corrected chi connectivity index (χ0v) is 23.6. The molecule has 1 aromatic heterocycles. The van der Waals surface area contributed by atoms with E-state index in [1.165, 1.54) is 37.0 Å². The van der Waals surface area contributed by atoms with E-state index in [1.807, 2.05) is 25.7 Å². The summed E-state index contributed by atoms with van der Waals surface area (Å²) in [6, 6.07) is 2.71. The number of ether oxygens (including phenoxy) is 1. The van der Waals surface area contributed by atoms with Gasteiger partial charge < -0.3 is 15.0 Å². The number of hydrogen-bond donors (Lipinski definition) is 1. The number of morpholine rings is 1. The largest absolute Gasteiger partial charge is 0.375 e. The van der Waals surface area contributed by atoms with Gasteiger partial charge in [0.25, 0.3) is 12.3 Å². The predicted molar refractivity (Wildman–Crippen MR) is 149 cm³/mol. The number of alkyl halides is 2. The van der Waals surface area contributed by atoms with Crippen molar-refractivity contribution in [3.05, 3.63) is 59.7 Å². The molecule has 0 radical (unpaired) electrons. The normalized spacial score (nSPS) is 15.2. The average molecular weight is 535 g/mol. The van der Waals surface area contributed by atoms with Gasteiger partial charge in [0.05, 0.1) is 12.7 Å². The first kappa shape index (κ1) is 32.8. The van der Waals surface area contributed by atoms with Crippen molar-refractivity contribution in [1.82, 2.24) is 9.97 Å². The number of nitrogens with zero attached hydrogens (tertiary/aromatic N) is 3. The van der Waals surface area contributed by atoms with Crippen LogP contribution in [0.5, 0.6) is 0 Å². The van der Waals surface area contributed by atoms with Crippen molar-refractivity contribution < 1.29 is 22.7 Å². The van der Waals surface area contributed by atoms with Crippen LogP contribution in [0.4, 0.5) is 24.8 Å². The van der Waals surface area contributed by atoms with Gasteiger partial charge in [0.1, 0.15) is 5.82 Å². The van der Waals surface area contributed by atoms with Gasteiger partial charge in [0.2, 0.25) is 5.95 Å². The van der Waals surface area contributed by atoms with Crippen molar-refractivity contribution in [2.24, 2.45) is 0 Å². The lowest BCUT2D eigenvalue weighted by atomic mass is 10.0. The lowest BCUT2D eigenvalue weighted by molar-refractivity contribution is -0.112. The summed E-state index contributed by atoms with van der Waals surface area (Å²) in [6.07, 6.45) is 3.13. The van der Waals surface area contributed by atoms with E-state index < -0.39 is 23.7 Å². The number of anilines is 2. The summed E-state index contributed by atoms with van der Waals surface area (Å²) in [5, 5.41) is 2.57. The maximum absolute atomic E-state index is 14.7. The summed E-state index contributed by atoms with van der Waals surface area (Å²) in [5.41, 5.74) is 0.581. The number of aromatic nitrogens is 2. The molecule has 210 valence electrons. The first-order valence-electron chi connectivity index (χ1n) is 13.1. The van der Waals surface area contributed by atoms with Crippen LogP contribution in [0, 0.1) is 12.7 Å². The highest BCUT2D eigenvalue weighted by Crippen LogP contribution is 2.29. The van der Waals surface area contributed by atoms with Crippen LogP contribution in [0.2, 0.25) is 0 Å². The zero-order valence-electron chi connectivity index (χ0n) is 23.6. The van der Waals surface area contributed by atoms with E-state index in [2.05, 4.69) is 35.7 Å². The number of nitrogens with one attached hydrogen (secondary N) is 1. The van der Waals surface area contributed by atoms with Crippen LogP contribution in [0.15, 0.2) is 48.3 Å². The Labute approximate surface area is 225 Å². The maximum atomic E-state index is 14.7. The minimum Gasteiger partial charge on any atom is -0.375 e. The van der Waals surface area contributed by atoms with Crippen molar-refractivity contribution in [3.63, 3.8) is 0 Å². The second-order valence-electron chi connectivity index (χ2n) is 8.55. The van der Waals surface area contributed by atoms with Gasteiger partial charge in [0.15, 0.2) is 0 Å². The fourth-order valence-electron chi connectivity index (χ4n) is 3.55. The van der Waals surface area contributed by atoms with Crippen LogP contribution >= 0.6 is 0 Å². The Morgan fingerprint density at radius 2 is 1.84 bits per heavy atom. The van der Waals surface area contributed by atoms with Crippen LogP contribution in [-0.2, 0) is 9.53 Å². The first-order valence-corrected chi connectivity index (χ1v) is 13.1. The Balaban J connectivity index is 0.00000135. The monoisotopic (exact) mass is 534 g/mol. The topological polar surface area (TPSA) is 67.4 Å². The van der Waals surface area contributed by atoms with Gasteiger partial charge in [-0.15, -0.1) is 0 Å². The Hall–Kier alpha value is -3.20. The van der Waals surface area contributed by atoms with Crippen LogP contribution in [0.1, 0.15) is 59.9 Å². The van der Waals surface area contributed by atoms with Gasteiger partial charge in [-0.05, 0) is 38.0 Å². The van der Waals surface area contributed by atoms with Gasteiger partial charge >= 0.3 is 0 Å². The summed E-state index contributed by atoms with van der Waals surface area (Å²) in [6.45, 7) is 18.9. The van der Waals surface area contributed by atoms with Gasteiger partial charge in [-0.25, -0.2) is 23.1 Å². The number of halogens is 3. The second-order valence-corrected chi connectivity index (χ2v) is 8.55. The van der Waals surface area contributed by atoms with Crippen molar-refractivity contribution in [3.8, 4) is 11.1 Å². The number of aryl methyl sites for hydroxylation is 1. The number of amides is 1. The summed E-state index contributed by atoms with van der Waals surface area (Å²) in [4.78, 5) is 23.3. The Bertz CT molecular complexity index is 1070. The molecule has 2 heterocycles. The lowest BCUT2D eigenvalue weighted by Crippen LogP contribution is -2.41. The molecule has 1 unspecified atom stereocenters. The lowest BCUT2D eigenvalue weighted by Gasteiger charge is -2.31. The van der Waals surface area contributed by atoms with Crippen LogP contribution in [-0.4, -0.2) is 48.1 Å². The van der Waals surface area contributed by atoms with Gasteiger partial charge in [-0.2, -0.15) is 0 Å². The third-order valence-electron chi connectivity index (χ3n) is 5.32. The van der Waals surface area contributed by atoms with Crippen molar-refractivity contribution >= 4 is 17.5 Å². The highest BCUT2D eigenvalue weighted by atomic mass is 19.3. The molecule has 0 aliphatic carbocycles. The molecule has 1 aliphatic heterocycles. The molecule has 1 saturated heterocycles. The molecule has 9 heteroatoms. The Morgan fingerprint density at radius 1 is 1.24 bits per heavy atom. The van der Waals surface area contributed by atoms with Gasteiger partial charge in [0, 0.05) is 53.4 Å². The summed E-state index contributed by atoms with van der Waals surface area (Å²) < 4.78 is 46.8. The standard InChI is InChI=1S/C24H27F3N4O2.C3H8.C2H6/c1-5-6-18(22(26)27)16(4)23(32)30-21-10-19(20(25)9-14(21)2)17-11-28-24(29-12-17)31-7-8-33-15(3)13-31;1-3-2;1-2/h6,9-12,15,22H,4-5,7-8,13H2,1-3H3,(H,30,32);3H2,1-2H3;1-2H3/b18-6+;;. The molecule has 1 N–H and O–H groups in total. The minimum absolute atomic E-state index is 0.0650. The smallest absolute Gasteiger partial charge is 0.264 e. The molecular formula is C29H41F3N4O2. The molecule has 1 aromatic carbocycles. The molecule has 1 amide bonds. The number of rotatable bonds is 7. The van der Waals surface area contributed by atoms with Crippen molar-refractivity contribution in [1.29, 1.82) is 0 Å². The van der Waals surface area contributed by atoms with E-state index in [4.69, 9.17) is 4.74 Å². The quantitative estimate of drug-likeness (QED) is 0.297. The molecule has 0 saturated carbocycles. The molecule has 3 rings (SSSR count). The molecule has 1 aliphatic rings. The molecule has 6 nitrogen and oxygen atoms in total. The number of carbonyl (C=O) groups is 1. The fourth-order valence-corrected chi connectivity index (χ4v) is 3.55. The summed E-state index contributed by atoms with van der Waals surface area (Å²) in [5.74, 6) is -0.767. The Kier molecular flexibility index (Phi) is 14.3. The SMILES string of the molecule is C=C(C(=O)Nc1cc(-c2cnc(N3CCOC(C)C3)nc2)c(F)cc1C)/C(=C\CC)C(F)F.CC.CCC. The third kappa shape index (κ3) is 9.28. The number of benzene rings is 1. The number of hydrogen-bond acceptors (Lipinski definition) is 5. The highest BCUT2D eigenvalue weighted by Gasteiger charge is 2.22. The van der Waals surface area contributed by atoms with Crippen LogP contribution in [0.25, 0.3) is 11.1 Å². The van der Waals surface area contributed by atoms with Gasteiger partial charge in [-0.1, -0.05) is 53.7 Å². The molecule has 2 aromatic rings. The molecule has 1 atom stereocenters. The van der Waals surface area contributed by atoms with Crippen molar-refractivity contribution in [2.45, 2.75) is 73.8 Å². The van der Waals surface area contributed by atoms with Gasteiger partial charge in [-0.3, -0.25) is 4.79 Å². The first-order chi connectivity index (χ1) is 18.1. The van der Waals surface area contributed by atoms with E-state index in [0.29, 0.717) is 43.2 Å². The van der Waals surface area contributed by atoms with Crippen molar-refractivity contribution in [2.75, 3.05) is 29.9 Å². The molecular weight excluding hydrogens is 493 g/mol. The molecule has 1 fully saturated rings. The van der Waals surface area contributed by atoms with Crippen LogP contribution in [0.3, 0.4) is 0 Å². The fraction of sp³-hybridized carbons (Fsp3) is 0.483. The second kappa shape index (κ2) is 16.6. The van der Waals surface area contributed by atoms with Crippen LogP contribution < -0.4 is 10.2 Å². The zero-order chi connectivity index (χ0) is 28.8. The van der Waals surface area contributed by atoms with E-state index in [1.54, 1.807) is 13.8 Å². The predicted octanol–water partition coefficient (Wildman–Crippen LogP) is 7.35. The minimum atomic E-state index is -2.82. The number of carbonyl (C=O) groups excluding carboxylic acids is 1. The molecule has 0 spiro atoms.